The highest BCUT2D eigenvalue weighted by molar-refractivity contribution is 9.10. The van der Waals surface area contributed by atoms with Gasteiger partial charge >= 0.3 is 0 Å². The third-order valence-corrected chi connectivity index (χ3v) is 6.44. The standard InChI is InChI=1S/C13H18BrNOS/c1-15-9-2-3-10(15)7-8(6-9)12(16)13-11(14)4-5-17-13/h4-5,8-10,12,16H,2-3,6-7H2,1H3. The van der Waals surface area contributed by atoms with Gasteiger partial charge < -0.3 is 10.0 Å². The lowest BCUT2D eigenvalue weighted by Crippen LogP contribution is -2.41. The molecule has 3 heterocycles. The van der Waals surface area contributed by atoms with Crippen molar-refractivity contribution in [3.05, 3.63) is 20.8 Å². The highest BCUT2D eigenvalue weighted by Gasteiger charge is 2.41. The van der Waals surface area contributed by atoms with Crippen molar-refractivity contribution in [1.82, 2.24) is 4.90 Å². The van der Waals surface area contributed by atoms with Gasteiger partial charge in [-0.3, -0.25) is 0 Å². The van der Waals surface area contributed by atoms with Crippen LogP contribution in [0.4, 0.5) is 0 Å². The van der Waals surface area contributed by atoms with E-state index >= 15 is 0 Å². The van der Waals surface area contributed by atoms with Gasteiger partial charge in [-0.05, 0) is 66.0 Å². The molecule has 0 aliphatic carbocycles. The first-order valence-corrected chi connectivity index (χ1v) is 7.97. The Kier molecular flexibility index (Phi) is 3.32. The average Bonchev–Trinajstić information content (AvgIpc) is 2.79. The summed E-state index contributed by atoms with van der Waals surface area (Å²) >= 11 is 5.20. The number of piperidine rings is 1. The first kappa shape index (κ1) is 12.2. The minimum Gasteiger partial charge on any atom is -0.387 e. The van der Waals surface area contributed by atoms with Gasteiger partial charge in [-0.2, -0.15) is 0 Å². The minimum atomic E-state index is -0.277. The molecule has 1 aromatic heterocycles. The van der Waals surface area contributed by atoms with Crippen molar-refractivity contribution in [1.29, 1.82) is 0 Å². The first-order chi connectivity index (χ1) is 8.16. The summed E-state index contributed by atoms with van der Waals surface area (Å²) in [7, 11) is 2.24. The Morgan fingerprint density at radius 1 is 1.41 bits per heavy atom. The molecule has 0 saturated carbocycles. The Morgan fingerprint density at radius 2 is 2.06 bits per heavy atom. The number of aliphatic hydroxyl groups is 1. The molecule has 4 heteroatoms. The molecular weight excluding hydrogens is 298 g/mol. The third-order valence-electron chi connectivity index (χ3n) is 4.49. The van der Waals surface area contributed by atoms with Gasteiger partial charge in [-0.1, -0.05) is 0 Å². The maximum absolute atomic E-state index is 10.5. The fourth-order valence-electron chi connectivity index (χ4n) is 3.44. The molecule has 17 heavy (non-hydrogen) atoms. The van der Waals surface area contributed by atoms with E-state index < -0.39 is 0 Å². The van der Waals surface area contributed by atoms with Crippen LogP contribution < -0.4 is 0 Å². The molecular formula is C13H18BrNOS. The van der Waals surface area contributed by atoms with Crippen LogP contribution in [0.3, 0.4) is 0 Å². The fraction of sp³-hybridized carbons (Fsp3) is 0.692. The molecule has 0 amide bonds. The minimum absolute atomic E-state index is 0.277. The lowest BCUT2D eigenvalue weighted by Gasteiger charge is -2.38. The molecule has 2 fully saturated rings. The van der Waals surface area contributed by atoms with E-state index in [1.807, 2.05) is 11.4 Å². The van der Waals surface area contributed by atoms with Gasteiger partial charge in [0.15, 0.2) is 0 Å². The van der Waals surface area contributed by atoms with Gasteiger partial charge in [0.2, 0.25) is 0 Å². The second-order valence-corrected chi connectivity index (χ2v) is 7.16. The van der Waals surface area contributed by atoms with Crippen LogP contribution in [0.5, 0.6) is 0 Å². The molecule has 2 saturated heterocycles. The van der Waals surface area contributed by atoms with E-state index in [2.05, 4.69) is 27.9 Å². The molecule has 1 aromatic rings. The number of nitrogens with zero attached hydrogens (tertiary/aromatic N) is 1. The maximum Gasteiger partial charge on any atom is 0.0922 e. The molecule has 2 aliphatic heterocycles. The zero-order chi connectivity index (χ0) is 12.0. The summed E-state index contributed by atoms with van der Waals surface area (Å²) in [5.74, 6) is 0.443. The predicted molar refractivity (Wildman–Crippen MR) is 74.3 cm³/mol. The summed E-state index contributed by atoms with van der Waals surface area (Å²) in [6.45, 7) is 0. The third kappa shape index (κ3) is 2.09. The summed E-state index contributed by atoms with van der Waals surface area (Å²) in [6.07, 6.45) is 4.66. The van der Waals surface area contributed by atoms with Crippen LogP contribution >= 0.6 is 27.3 Å². The van der Waals surface area contributed by atoms with Crippen molar-refractivity contribution in [3.8, 4) is 0 Å². The molecule has 0 spiro atoms. The van der Waals surface area contributed by atoms with E-state index in [1.54, 1.807) is 11.3 Å². The van der Waals surface area contributed by atoms with Crippen LogP contribution in [-0.2, 0) is 0 Å². The van der Waals surface area contributed by atoms with E-state index in [-0.39, 0.29) is 6.10 Å². The lowest BCUT2D eigenvalue weighted by atomic mass is 9.86. The number of hydrogen-bond donors (Lipinski definition) is 1. The largest absolute Gasteiger partial charge is 0.387 e. The van der Waals surface area contributed by atoms with Crippen molar-refractivity contribution in [2.45, 2.75) is 43.9 Å². The quantitative estimate of drug-likeness (QED) is 0.904. The lowest BCUT2D eigenvalue weighted by molar-refractivity contribution is 0.0372. The van der Waals surface area contributed by atoms with Crippen LogP contribution in [0.25, 0.3) is 0 Å². The van der Waals surface area contributed by atoms with Gasteiger partial charge in [0, 0.05) is 21.4 Å². The van der Waals surface area contributed by atoms with Crippen molar-refractivity contribution >= 4 is 27.3 Å². The van der Waals surface area contributed by atoms with E-state index in [9.17, 15) is 5.11 Å². The van der Waals surface area contributed by atoms with Gasteiger partial charge in [0.05, 0.1) is 6.10 Å². The summed E-state index contributed by atoms with van der Waals surface area (Å²) < 4.78 is 1.07. The van der Waals surface area contributed by atoms with Crippen LogP contribution in [0, 0.1) is 5.92 Å². The van der Waals surface area contributed by atoms with Crippen molar-refractivity contribution < 1.29 is 5.11 Å². The molecule has 0 aromatic carbocycles. The van der Waals surface area contributed by atoms with E-state index in [1.165, 1.54) is 12.8 Å². The Morgan fingerprint density at radius 3 is 2.59 bits per heavy atom. The molecule has 94 valence electrons. The number of fused-ring (bicyclic) bond motifs is 2. The van der Waals surface area contributed by atoms with Gasteiger partial charge in [0.1, 0.15) is 0 Å². The Bertz CT molecular complexity index is 394. The molecule has 3 atom stereocenters. The van der Waals surface area contributed by atoms with Gasteiger partial charge in [-0.15, -0.1) is 11.3 Å². The van der Waals surface area contributed by atoms with E-state index in [4.69, 9.17) is 0 Å². The average molecular weight is 316 g/mol. The zero-order valence-corrected chi connectivity index (χ0v) is 12.4. The van der Waals surface area contributed by atoms with Gasteiger partial charge in [-0.25, -0.2) is 0 Å². The SMILES string of the molecule is CN1C2CCC1CC(C(O)c1sccc1Br)C2. The number of hydrogen-bond acceptors (Lipinski definition) is 3. The summed E-state index contributed by atoms with van der Waals surface area (Å²) in [6, 6.07) is 3.44. The molecule has 3 rings (SSSR count). The number of rotatable bonds is 2. The first-order valence-electron chi connectivity index (χ1n) is 6.29. The van der Waals surface area contributed by atoms with Crippen LogP contribution in [-0.4, -0.2) is 29.1 Å². The maximum atomic E-state index is 10.5. The Labute approximate surface area is 115 Å². The molecule has 2 nitrogen and oxygen atoms in total. The van der Waals surface area contributed by atoms with Crippen molar-refractivity contribution in [2.24, 2.45) is 5.92 Å². The zero-order valence-electron chi connectivity index (χ0n) is 9.97. The number of aliphatic hydroxyl groups excluding tert-OH is 1. The monoisotopic (exact) mass is 315 g/mol. The second kappa shape index (κ2) is 4.65. The molecule has 2 aliphatic rings. The topological polar surface area (TPSA) is 23.5 Å². The van der Waals surface area contributed by atoms with Crippen molar-refractivity contribution in [2.75, 3.05) is 7.05 Å². The highest BCUT2D eigenvalue weighted by atomic mass is 79.9. The fourth-order valence-corrected chi connectivity index (χ4v) is 5.13. The van der Waals surface area contributed by atoms with E-state index in [0.29, 0.717) is 18.0 Å². The Balaban J connectivity index is 1.76. The smallest absolute Gasteiger partial charge is 0.0922 e. The van der Waals surface area contributed by atoms with Crippen LogP contribution in [0.2, 0.25) is 0 Å². The normalized spacial score (nSPS) is 35.1. The number of halogens is 1. The van der Waals surface area contributed by atoms with Crippen LogP contribution in [0.1, 0.15) is 36.7 Å². The summed E-state index contributed by atoms with van der Waals surface area (Å²) in [4.78, 5) is 3.63. The van der Waals surface area contributed by atoms with E-state index in [0.717, 1.165) is 22.2 Å². The van der Waals surface area contributed by atoms with Crippen LogP contribution in [0.15, 0.2) is 15.9 Å². The van der Waals surface area contributed by atoms with Crippen molar-refractivity contribution in [3.63, 3.8) is 0 Å². The molecule has 0 radical (unpaired) electrons. The summed E-state index contributed by atoms with van der Waals surface area (Å²) in [5, 5.41) is 12.6. The second-order valence-electron chi connectivity index (χ2n) is 5.36. The summed E-state index contributed by atoms with van der Waals surface area (Å²) in [5.41, 5.74) is 0. The number of thiophene rings is 1. The molecule has 2 bridgehead atoms. The molecule has 3 unspecified atom stereocenters. The predicted octanol–water partition coefficient (Wildman–Crippen LogP) is 3.42. The van der Waals surface area contributed by atoms with Gasteiger partial charge in [0.25, 0.3) is 0 Å². The molecule has 1 N–H and O–H groups in total. The Hall–Kier alpha value is 0.100. The highest BCUT2D eigenvalue weighted by Crippen LogP contribution is 2.44.